The van der Waals surface area contributed by atoms with Crippen LogP contribution < -0.4 is 5.73 Å². The summed E-state index contributed by atoms with van der Waals surface area (Å²) in [6, 6.07) is 4.09. The third-order valence-electron chi connectivity index (χ3n) is 3.06. The van der Waals surface area contributed by atoms with Gasteiger partial charge in [0, 0.05) is 10.0 Å². The molecule has 0 bridgehead atoms. The summed E-state index contributed by atoms with van der Waals surface area (Å²) in [4.78, 5) is 0. The quantitative estimate of drug-likeness (QED) is 0.837. The Morgan fingerprint density at radius 3 is 2.31 bits per heavy atom. The molecule has 2 rings (SSSR count). The molecule has 1 aromatic carbocycles. The molecule has 1 saturated carbocycles. The zero-order valence-corrected chi connectivity index (χ0v) is 10.0. The van der Waals surface area contributed by atoms with E-state index in [1.165, 1.54) is 6.07 Å². The van der Waals surface area contributed by atoms with Gasteiger partial charge in [-0.05, 0) is 37.0 Å². The van der Waals surface area contributed by atoms with Gasteiger partial charge in [0.1, 0.15) is 0 Å². The van der Waals surface area contributed by atoms with E-state index in [1.807, 2.05) is 0 Å². The number of halogens is 4. The largest absolute Gasteiger partial charge is 0.416 e. The number of hydrogen-bond donors (Lipinski definition) is 1. The second kappa shape index (κ2) is 3.74. The molecular formula is C11H11BrF3N. The molecule has 1 fully saturated rings. The second-order valence-electron chi connectivity index (χ2n) is 4.17. The third kappa shape index (κ3) is 1.86. The number of nitrogens with two attached hydrogens (primary N) is 1. The summed E-state index contributed by atoms with van der Waals surface area (Å²) < 4.78 is 39.0. The van der Waals surface area contributed by atoms with Crippen LogP contribution in [-0.4, -0.2) is 0 Å². The van der Waals surface area contributed by atoms with Crippen LogP contribution in [0.25, 0.3) is 0 Å². The monoisotopic (exact) mass is 293 g/mol. The minimum absolute atomic E-state index is 0.203. The Bertz CT molecular complexity index is 410. The molecule has 0 heterocycles. The Balaban J connectivity index is 2.58. The van der Waals surface area contributed by atoms with Gasteiger partial charge in [0.25, 0.3) is 0 Å². The molecule has 0 radical (unpaired) electrons. The highest BCUT2D eigenvalue weighted by Crippen LogP contribution is 2.47. The lowest BCUT2D eigenvalue weighted by atomic mass is 9.71. The SMILES string of the molecule is NC1(c2c(Br)cccc2C(F)(F)F)CCC1. The van der Waals surface area contributed by atoms with E-state index in [9.17, 15) is 13.2 Å². The minimum atomic E-state index is -4.35. The first-order valence-corrected chi connectivity index (χ1v) is 5.79. The normalized spacial score (nSPS) is 19.3. The van der Waals surface area contributed by atoms with E-state index >= 15 is 0 Å². The van der Waals surface area contributed by atoms with Crippen molar-refractivity contribution in [2.75, 3.05) is 0 Å². The summed E-state index contributed by atoms with van der Waals surface area (Å²) in [6.07, 6.45) is -2.24. The number of rotatable bonds is 1. The van der Waals surface area contributed by atoms with Gasteiger partial charge in [0.15, 0.2) is 0 Å². The second-order valence-corrected chi connectivity index (χ2v) is 5.02. The molecule has 0 unspecified atom stereocenters. The Hall–Kier alpha value is -0.550. The molecule has 2 N–H and O–H groups in total. The molecular weight excluding hydrogens is 283 g/mol. The molecule has 88 valence electrons. The van der Waals surface area contributed by atoms with Crippen LogP contribution in [0.3, 0.4) is 0 Å². The van der Waals surface area contributed by atoms with Gasteiger partial charge in [-0.3, -0.25) is 0 Å². The maximum atomic E-state index is 12.8. The lowest BCUT2D eigenvalue weighted by Gasteiger charge is -2.40. The van der Waals surface area contributed by atoms with Gasteiger partial charge in [-0.2, -0.15) is 13.2 Å². The van der Waals surface area contributed by atoms with Gasteiger partial charge in [-0.25, -0.2) is 0 Å². The van der Waals surface area contributed by atoms with E-state index in [2.05, 4.69) is 15.9 Å². The number of hydrogen-bond acceptors (Lipinski definition) is 1. The van der Waals surface area contributed by atoms with Gasteiger partial charge in [0.2, 0.25) is 0 Å². The average Bonchev–Trinajstić information content (AvgIpc) is 2.12. The maximum absolute atomic E-state index is 12.8. The summed E-state index contributed by atoms with van der Waals surface area (Å²) in [5.41, 5.74) is 4.76. The van der Waals surface area contributed by atoms with Gasteiger partial charge in [0.05, 0.1) is 5.56 Å². The van der Waals surface area contributed by atoms with E-state index in [4.69, 9.17) is 5.73 Å². The minimum Gasteiger partial charge on any atom is -0.321 e. The Labute approximate surface area is 100.0 Å². The van der Waals surface area contributed by atoms with Gasteiger partial charge < -0.3 is 5.73 Å². The third-order valence-corrected chi connectivity index (χ3v) is 3.72. The lowest BCUT2D eigenvalue weighted by Crippen LogP contribution is -2.45. The molecule has 0 aliphatic heterocycles. The van der Waals surface area contributed by atoms with E-state index in [1.54, 1.807) is 6.07 Å². The zero-order valence-electron chi connectivity index (χ0n) is 8.44. The summed E-state index contributed by atoms with van der Waals surface area (Å²) in [5.74, 6) is 0. The fourth-order valence-electron chi connectivity index (χ4n) is 2.07. The smallest absolute Gasteiger partial charge is 0.321 e. The predicted molar refractivity (Wildman–Crippen MR) is 58.9 cm³/mol. The Morgan fingerprint density at radius 1 is 1.25 bits per heavy atom. The summed E-state index contributed by atoms with van der Waals surface area (Å²) in [6.45, 7) is 0. The Kier molecular flexibility index (Phi) is 2.78. The molecule has 1 nitrogen and oxygen atoms in total. The molecule has 1 aliphatic carbocycles. The fourth-order valence-corrected chi connectivity index (χ4v) is 2.84. The van der Waals surface area contributed by atoms with Crippen molar-refractivity contribution in [3.8, 4) is 0 Å². The molecule has 0 saturated heterocycles. The van der Waals surface area contributed by atoms with Crippen molar-refractivity contribution in [2.45, 2.75) is 31.0 Å². The van der Waals surface area contributed by atoms with E-state index in [0.717, 1.165) is 12.5 Å². The zero-order chi connectivity index (χ0) is 12.0. The van der Waals surface area contributed by atoms with Crippen molar-refractivity contribution in [3.63, 3.8) is 0 Å². The molecule has 1 aliphatic rings. The van der Waals surface area contributed by atoms with E-state index in [0.29, 0.717) is 17.3 Å². The molecule has 0 atom stereocenters. The molecule has 1 aromatic rings. The van der Waals surface area contributed by atoms with Gasteiger partial charge >= 0.3 is 6.18 Å². The fraction of sp³-hybridized carbons (Fsp3) is 0.455. The average molecular weight is 294 g/mol. The van der Waals surface area contributed by atoms with Crippen molar-refractivity contribution < 1.29 is 13.2 Å². The predicted octanol–water partition coefficient (Wildman–Crippen LogP) is 3.81. The summed E-state index contributed by atoms with van der Waals surface area (Å²) >= 11 is 3.17. The van der Waals surface area contributed by atoms with Crippen LogP contribution in [0.5, 0.6) is 0 Å². The van der Waals surface area contributed by atoms with Crippen LogP contribution in [-0.2, 0) is 11.7 Å². The molecule has 16 heavy (non-hydrogen) atoms. The van der Waals surface area contributed by atoms with Crippen LogP contribution in [0.2, 0.25) is 0 Å². The Morgan fingerprint density at radius 2 is 1.88 bits per heavy atom. The van der Waals surface area contributed by atoms with Crippen LogP contribution in [0.4, 0.5) is 13.2 Å². The van der Waals surface area contributed by atoms with Crippen molar-refractivity contribution in [2.24, 2.45) is 5.73 Å². The summed E-state index contributed by atoms with van der Waals surface area (Å²) in [5, 5.41) is 0. The van der Waals surface area contributed by atoms with Crippen LogP contribution >= 0.6 is 15.9 Å². The van der Waals surface area contributed by atoms with Crippen LogP contribution in [0, 0.1) is 0 Å². The molecule has 0 amide bonds. The summed E-state index contributed by atoms with van der Waals surface area (Å²) in [7, 11) is 0. The van der Waals surface area contributed by atoms with E-state index in [-0.39, 0.29) is 5.56 Å². The highest BCUT2D eigenvalue weighted by molar-refractivity contribution is 9.10. The maximum Gasteiger partial charge on any atom is 0.416 e. The van der Waals surface area contributed by atoms with Crippen molar-refractivity contribution >= 4 is 15.9 Å². The lowest BCUT2D eigenvalue weighted by molar-refractivity contribution is -0.139. The van der Waals surface area contributed by atoms with Crippen LogP contribution in [0.15, 0.2) is 22.7 Å². The standard InChI is InChI=1S/C11H11BrF3N/c12-8-4-1-3-7(11(13,14)15)9(8)10(16)5-2-6-10/h1,3-4H,2,5-6,16H2. The van der Waals surface area contributed by atoms with E-state index < -0.39 is 17.3 Å². The van der Waals surface area contributed by atoms with Gasteiger partial charge in [-0.1, -0.05) is 22.0 Å². The highest BCUT2D eigenvalue weighted by Gasteiger charge is 2.43. The number of benzene rings is 1. The van der Waals surface area contributed by atoms with Crippen LogP contribution in [0.1, 0.15) is 30.4 Å². The molecule has 0 aromatic heterocycles. The first-order chi connectivity index (χ1) is 7.34. The first-order valence-electron chi connectivity index (χ1n) is 5.00. The highest BCUT2D eigenvalue weighted by atomic mass is 79.9. The molecule has 0 spiro atoms. The molecule has 5 heteroatoms. The topological polar surface area (TPSA) is 26.0 Å². The number of alkyl halides is 3. The van der Waals surface area contributed by atoms with Crippen molar-refractivity contribution in [3.05, 3.63) is 33.8 Å². The first kappa shape index (κ1) is 11.9. The van der Waals surface area contributed by atoms with Crippen molar-refractivity contribution in [1.29, 1.82) is 0 Å². The van der Waals surface area contributed by atoms with Crippen molar-refractivity contribution in [1.82, 2.24) is 0 Å². The van der Waals surface area contributed by atoms with Gasteiger partial charge in [-0.15, -0.1) is 0 Å².